The molecule has 0 aliphatic carbocycles. The maximum atomic E-state index is 7.77. The molecule has 8 heavy (non-hydrogen) atoms. The SMILES string of the molecule is CC=C=CNOC#N. The second-order valence-electron chi connectivity index (χ2n) is 0.911. The maximum absolute atomic E-state index is 7.77. The van der Waals surface area contributed by atoms with Gasteiger partial charge in [-0.25, -0.2) is 5.48 Å². The molecule has 0 unspecified atom stereocenters. The smallest absolute Gasteiger partial charge is 0.302 e. The van der Waals surface area contributed by atoms with E-state index in [2.05, 4.69) is 16.0 Å². The molecule has 0 fully saturated rings. The Kier molecular flexibility index (Phi) is 4.64. The molecule has 0 aromatic carbocycles. The van der Waals surface area contributed by atoms with Crippen LogP contribution in [0.2, 0.25) is 0 Å². The van der Waals surface area contributed by atoms with E-state index in [1.807, 2.05) is 6.92 Å². The van der Waals surface area contributed by atoms with E-state index in [1.165, 1.54) is 12.5 Å². The lowest BCUT2D eigenvalue weighted by Gasteiger charge is -1.84. The first-order chi connectivity index (χ1) is 3.91. The van der Waals surface area contributed by atoms with Gasteiger partial charge in [-0.15, -0.1) is 11.0 Å². The Morgan fingerprint density at radius 2 is 2.50 bits per heavy atom. The molecule has 0 aliphatic heterocycles. The highest BCUT2D eigenvalue weighted by molar-refractivity contribution is 4.77. The zero-order valence-electron chi connectivity index (χ0n) is 4.51. The van der Waals surface area contributed by atoms with Gasteiger partial charge in [0.25, 0.3) is 0 Å². The van der Waals surface area contributed by atoms with E-state index in [9.17, 15) is 0 Å². The molecule has 0 heterocycles. The Morgan fingerprint density at radius 1 is 1.75 bits per heavy atom. The first kappa shape index (κ1) is 6.61. The van der Waals surface area contributed by atoms with Crippen molar-refractivity contribution in [3.05, 3.63) is 18.0 Å². The fourth-order valence-electron chi connectivity index (χ4n) is 0.173. The summed E-state index contributed by atoms with van der Waals surface area (Å²) < 4.78 is 0. The van der Waals surface area contributed by atoms with E-state index in [-0.39, 0.29) is 0 Å². The van der Waals surface area contributed by atoms with Gasteiger partial charge in [0, 0.05) is 0 Å². The number of nitrogens with zero attached hydrogens (tertiary/aromatic N) is 1. The Bertz CT molecular complexity index is 139. The van der Waals surface area contributed by atoms with Crippen LogP contribution in [-0.4, -0.2) is 0 Å². The van der Waals surface area contributed by atoms with Crippen LogP contribution in [0.4, 0.5) is 0 Å². The molecule has 3 heteroatoms. The largest absolute Gasteiger partial charge is 0.314 e. The van der Waals surface area contributed by atoms with E-state index < -0.39 is 0 Å². The number of allylic oxidation sites excluding steroid dienone is 1. The van der Waals surface area contributed by atoms with Crippen LogP contribution in [0.25, 0.3) is 0 Å². The third-order valence-corrected chi connectivity index (χ3v) is 0.413. The first-order valence-electron chi connectivity index (χ1n) is 2.08. The summed E-state index contributed by atoms with van der Waals surface area (Å²) in [6, 6.07) is 0. The standard InChI is InChI=1S/C5H6N2O/c1-2-3-4-7-8-5-6/h2,4,7H,1H3. The van der Waals surface area contributed by atoms with Crippen LogP contribution in [0.15, 0.2) is 18.0 Å². The molecular weight excluding hydrogens is 104 g/mol. The van der Waals surface area contributed by atoms with E-state index in [4.69, 9.17) is 5.26 Å². The van der Waals surface area contributed by atoms with Crippen molar-refractivity contribution in [2.45, 2.75) is 6.92 Å². The van der Waals surface area contributed by atoms with Crippen LogP contribution in [0.5, 0.6) is 0 Å². The first-order valence-corrected chi connectivity index (χ1v) is 2.08. The normalized spacial score (nSPS) is 5.50. The Labute approximate surface area is 47.8 Å². The lowest BCUT2D eigenvalue weighted by molar-refractivity contribution is 0.196. The van der Waals surface area contributed by atoms with Gasteiger partial charge in [0.05, 0.1) is 6.20 Å². The van der Waals surface area contributed by atoms with Gasteiger partial charge in [-0.2, -0.15) is 0 Å². The van der Waals surface area contributed by atoms with Crippen molar-refractivity contribution in [1.82, 2.24) is 5.48 Å². The van der Waals surface area contributed by atoms with Crippen molar-refractivity contribution in [3.63, 3.8) is 0 Å². The van der Waals surface area contributed by atoms with Crippen molar-refractivity contribution in [2.24, 2.45) is 0 Å². The summed E-state index contributed by atoms with van der Waals surface area (Å²) in [7, 11) is 0. The molecule has 42 valence electrons. The lowest BCUT2D eigenvalue weighted by atomic mass is 10.7. The molecular formula is C5H6N2O. The van der Waals surface area contributed by atoms with Crippen LogP contribution in [-0.2, 0) is 4.84 Å². The Balaban J connectivity index is 3.20. The van der Waals surface area contributed by atoms with Crippen LogP contribution in [0.1, 0.15) is 6.92 Å². The van der Waals surface area contributed by atoms with Gasteiger partial charge in [0.2, 0.25) is 0 Å². The third-order valence-electron chi connectivity index (χ3n) is 0.413. The highest BCUT2D eigenvalue weighted by atomic mass is 16.6. The van der Waals surface area contributed by atoms with Crippen LogP contribution >= 0.6 is 0 Å². The predicted molar refractivity (Wildman–Crippen MR) is 28.2 cm³/mol. The van der Waals surface area contributed by atoms with Crippen molar-refractivity contribution >= 4 is 0 Å². The molecule has 0 saturated heterocycles. The van der Waals surface area contributed by atoms with Crippen molar-refractivity contribution in [3.8, 4) is 6.26 Å². The minimum Gasteiger partial charge on any atom is -0.302 e. The average Bonchev–Trinajstić information content (AvgIpc) is 1.81. The Hall–Kier alpha value is -1.39. The Morgan fingerprint density at radius 3 is 3.00 bits per heavy atom. The molecule has 0 atom stereocenters. The predicted octanol–water partition coefficient (Wildman–Crippen LogP) is 0.677. The monoisotopic (exact) mass is 110 g/mol. The van der Waals surface area contributed by atoms with Gasteiger partial charge in [0.1, 0.15) is 0 Å². The summed E-state index contributed by atoms with van der Waals surface area (Å²) in [6.07, 6.45) is 4.51. The zero-order chi connectivity index (χ0) is 6.24. The molecule has 0 radical (unpaired) electrons. The molecule has 0 aromatic rings. The molecule has 0 spiro atoms. The summed E-state index contributed by atoms with van der Waals surface area (Å²) >= 11 is 0. The lowest BCUT2D eigenvalue weighted by Crippen LogP contribution is -1.98. The minimum absolute atomic E-state index is 1.39. The number of nitrogens with one attached hydrogen (secondary N) is 1. The number of rotatable bonds is 2. The van der Waals surface area contributed by atoms with Crippen LogP contribution in [0, 0.1) is 11.5 Å². The zero-order valence-corrected chi connectivity index (χ0v) is 4.51. The topological polar surface area (TPSA) is 45.0 Å². The van der Waals surface area contributed by atoms with Crippen LogP contribution in [0.3, 0.4) is 0 Å². The second-order valence-corrected chi connectivity index (χ2v) is 0.911. The molecule has 0 bridgehead atoms. The van der Waals surface area contributed by atoms with Crippen molar-refractivity contribution in [1.29, 1.82) is 5.26 Å². The molecule has 0 rings (SSSR count). The minimum atomic E-state index is 1.39. The van der Waals surface area contributed by atoms with E-state index in [0.717, 1.165) is 0 Å². The summed E-state index contributed by atoms with van der Waals surface area (Å²) in [5.41, 5.74) is 4.85. The van der Waals surface area contributed by atoms with E-state index in [1.54, 1.807) is 6.08 Å². The summed E-state index contributed by atoms with van der Waals surface area (Å²) in [6.45, 7) is 1.81. The van der Waals surface area contributed by atoms with Gasteiger partial charge in [-0.1, -0.05) is 0 Å². The van der Waals surface area contributed by atoms with Crippen molar-refractivity contribution < 1.29 is 4.84 Å². The van der Waals surface area contributed by atoms with Gasteiger partial charge in [-0.3, -0.25) is 0 Å². The quantitative estimate of drug-likeness (QED) is 0.246. The molecule has 0 aromatic heterocycles. The highest BCUT2D eigenvalue weighted by Crippen LogP contribution is 1.60. The summed E-state index contributed by atoms with van der Waals surface area (Å²) in [5, 5.41) is 7.77. The van der Waals surface area contributed by atoms with Gasteiger partial charge >= 0.3 is 6.26 Å². The van der Waals surface area contributed by atoms with E-state index in [0.29, 0.717) is 0 Å². The fourth-order valence-corrected chi connectivity index (χ4v) is 0.173. The second kappa shape index (κ2) is 5.61. The molecule has 0 amide bonds. The number of nitriles is 1. The molecule has 1 N–H and O–H groups in total. The maximum Gasteiger partial charge on any atom is 0.314 e. The number of hydrogen-bond acceptors (Lipinski definition) is 3. The molecule has 0 saturated carbocycles. The molecule has 3 nitrogen and oxygen atoms in total. The third kappa shape index (κ3) is 4.61. The van der Waals surface area contributed by atoms with E-state index >= 15 is 0 Å². The summed E-state index contributed by atoms with van der Waals surface area (Å²) in [4.78, 5) is 4.05. The van der Waals surface area contributed by atoms with Gasteiger partial charge in [0.15, 0.2) is 0 Å². The fraction of sp³-hybridized carbons (Fsp3) is 0.200. The number of hydroxylamine groups is 1. The average molecular weight is 110 g/mol. The summed E-state index contributed by atoms with van der Waals surface area (Å²) in [5.74, 6) is 0. The van der Waals surface area contributed by atoms with Gasteiger partial charge < -0.3 is 4.84 Å². The highest BCUT2D eigenvalue weighted by Gasteiger charge is 1.63. The van der Waals surface area contributed by atoms with Crippen molar-refractivity contribution in [2.75, 3.05) is 0 Å². The van der Waals surface area contributed by atoms with Gasteiger partial charge in [-0.05, 0) is 13.0 Å². The number of hydrogen-bond donors (Lipinski definition) is 1. The van der Waals surface area contributed by atoms with Crippen LogP contribution < -0.4 is 5.48 Å². The molecule has 0 aliphatic rings.